The van der Waals surface area contributed by atoms with Gasteiger partial charge in [-0.25, -0.2) is 14.4 Å². The van der Waals surface area contributed by atoms with Crippen molar-refractivity contribution in [2.75, 3.05) is 0 Å². The maximum absolute atomic E-state index is 13.6. The molecule has 1 aromatic carbocycles. The van der Waals surface area contributed by atoms with Crippen molar-refractivity contribution < 1.29 is 9.18 Å². The van der Waals surface area contributed by atoms with Gasteiger partial charge in [-0.05, 0) is 44.0 Å². The Hall–Kier alpha value is -3.60. The zero-order valence-electron chi connectivity index (χ0n) is 15.7. The predicted molar refractivity (Wildman–Crippen MR) is 103 cm³/mol. The van der Waals surface area contributed by atoms with Crippen LogP contribution in [0.15, 0.2) is 41.5 Å². The maximum Gasteiger partial charge on any atom is 0.252 e. The van der Waals surface area contributed by atoms with Gasteiger partial charge in [0.2, 0.25) is 5.91 Å². The smallest absolute Gasteiger partial charge is 0.252 e. The van der Waals surface area contributed by atoms with E-state index in [-0.39, 0.29) is 11.5 Å². The number of aromatic amines is 1. The number of carbonyl (C=O) groups is 1. The van der Waals surface area contributed by atoms with Gasteiger partial charge < -0.3 is 10.3 Å². The van der Waals surface area contributed by atoms with Crippen LogP contribution in [0.1, 0.15) is 49.2 Å². The number of nitrogens with one attached hydrogen (secondary N) is 2. The highest BCUT2D eigenvalue weighted by Gasteiger charge is 2.47. The van der Waals surface area contributed by atoms with Crippen LogP contribution in [-0.2, 0) is 10.2 Å². The summed E-state index contributed by atoms with van der Waals surface area (Å²) >= 11 is 0. The van der Waals surface area contributed by atoms with Crippen molar-refractivity contribution in [1.29, 1.82) is 5.26 Å². The van der Waals surface area contributed by atoms with Crippen molar-refractivity contribution in [3.63, 3.8) is 0 Å². The molecule has 29 heavy (non-hydrogen) atoms. The maximum atomic E-state index is 13.6. The first-order valence-electron chi connectivity index (χ1n) is 9.29. The predicted octanol–water partition coefficient (Wildman–Crippen LogP) is 2.63. The topological polar surface area (TPSA) is 112 Å². The minimum atomic E-state index is -0.963. The standard InChI is InChI=1S/C21H18FN5O2/c1-12(18-24-10-13(9-23)11-25-18)26-20(29)21(5-2-6-21)16-8-14-7-15(22)3-4-17(14)27-19(16)28/h3-4,7-8,10-12H,2,5-6H2,1H3,(H,26,29)(H,27,28)/t12-/m0/s1. The number of fused-ring (bicyclic) bond motifs is 1. The summed E-state index contributed by atoms with van der Waals surface area (Å²) in [5.41, 5.74) is -0.116. The molecule has 1 aliphatic carbocycles. The Morgan fingerprint density at radius 2 is 2.03 bits per heavy atom. The van der Waals surface area contributed by atoms with E-state index in [1.165, 1.54) is 30.6 Å². The van der Waals surface area contributed by atoms with Gasteiger partial charge in [0.15, 0.2) is 0 Å². The van der Waals surface area contributed by atoms with Gasteiger partial charge in [0.1, 0.15) is 17.7 Å². The molecule has 0 unspecified atom stereocenters. The van der Waals surface area contributed by atoms with Gasteiger partial charge in [0.05, 0.1) is 17.0 Å². The molecule has 0 spiro atoms. The summed E-state index contributed by atoms with van der Waals surface area (Å²) in [4.78, 5) is 36.8. The number of nitriles is 1. The molecule has 8 heteroatoms. The zero-order chi connectivity index (χ0) is 20.6. The van der Waals surface area contributed by atoms with Gasteiger partial charge in [0, 0.05) is 28.9 Å². The summed E-state index contributed by atoms with van der Waals surface area (Å²) < 4.78 is 13.6. The van der Waals surface area contributed by atoms with Gasteiger partial charge in [-0.2, -0.15) is 5.26 Å². The Morgan fingerprint density at radius 3 is 2.66 bits per heavy atom. The minimum Gasteiger partial charge on any atom is -0.346 e. The third-order valence-corrected chi connectivity index (χ3v) is 5.50. The molecule has 0 radical (unpaired) electrons. The number of amides is 1. The molecule has 0 saturated heterocycles. The molecule has 0 bridgehead atoms. The van der Waals surface area contributed by atoms with Crippen LogP contribution in [-0.4, -0.2) is 20.9 Å². The molecule has 146 valence electrons. The van der Waals surface area contributed by atoms with Crippen LogP contribution < -0.4 is 10.9 Å². The van der Waals surface area contributed by atoms with E-state index in [0.717, 1.165) is 6.42 Å². The molecule has 1 amide bonds. The highest BCUT2D eigenvalue weighted by molar-refractivity contribution is 5.91. The number of hydrogen-bond donors (Lipinski definition) is 2. The van der Waals surface area contributed by atoms with Crippen molar-refractivity contribution >= 4 is 16.8 Å². The molecule has 2 heterocycles. The largest absolute Gasteiger partial charge is 0.346 e. The summed E-state index contributed by atoms with van der Waals surface area (Å²) in [7, 11) is 0. The first-order chi connectivity index (χ1) is 13.9. The van der Waals surface area contributed by atoms with Crippen LogP contribution in [0.3, 0.4) is 0 Å². The second-order valence-corrected chi connectivity index (χ2v) is 7.32. The van der Waals surface area contributed by atoms with Crippen molar-refractivity contribution in [1.82, 2.24) is 20.3 Å². The monoisotopic (exact) mass is 391 g/mol. The zero-order valence-corrected chi connectivity index (χ0v) is 15.7. The number of benzene rings is 1. The average Bonchev–Trinajstić information content (AvgIpc) is 2.68. The van der Waals surface area contributed by atoms with E-state index in [0.29, 0.717) is 40.7 Å². The molecular weight excluding hydrogens is 373 g/mol. The molecule has 1 aliphatic rings. The van der Waals surface area contributed by atoms with Crippen LogP contribution in [0.4, 0.5) is 4.39 Å². The van der Waals surface area contributed by atoms with Crippen LogP contribution in [0.25, 0.3) is 10.9 Å². The summed E-state index contributed by atoms with van der Waals surface area (Å²) in [5, 5.41) is 12.3. The number of carbonyl (C=O) groups excluding carboxylic acids is 1. The number of halogens is 1. The molecule has 2 N–H and O–H groups in total. The molecular formula is C21H18FN5O2. The fourth-order valence-electron chi connectivity index (χ4n) is 3.70. The number of pyridine rings is 1. The molecule has 0 aliphatic heterocycles. The molecule has 1 atom stereocenters. The summed E-state index contributed by atoms with van der Waals surface area (Å²) in [6, 6.07) is 7.19. The van der Waals surface area contributed by atoms with Crippen LogP contribution in [0.5, 0.6) is 0 Å². The quantitative estimate of drug-likeness (QED) is 0.710. The van der Waals surface area contributed by atoms with E-state index in [4.69, 9.17) is 5.26 Å². The lowest BCUT2D eigenvalue weighted by Crippen LogP contribution is -2.52. The lowest BCUT2D eigenvalue weighted by atomic mass is 9.64. The second-order valence-electron chi connectivity index (χ2n) is 7.32. The van der Waals surface area contributed by atoms with Gasteiger partial charge >= 0.3 is 0 Å². The molecule has 1 fully saturated rings. The highest BCUT2D eigenvalue weighted by Crippen LogP contribution is 2.43. The van der Waals surface area contributed by atoms with Gasteiger partial charge in [-0.15, -0.1) is 0 Å². The van der Waals surface area contributed by atoms with Crippen molar-refractivity contribution in [3.8, 4) is 6.07 Å². The highest BCUT2D eigenvalue weighted by atomic mass is 19.1. The first-order valence-corrected chi connectivity index (χ1v) is 9.29. The molecule has 1 saturated carbocycles. The van der Waals surface area contributed by atoms with Crippen LogP contribution in [0.2, 0.25) is 0 Å². The summed E-state index contributed by atoms with van der Waals surface area (Å²) in [5.74, 6) is -0.319. The average molecular weight is 391 g/mol. The van der Waals surface area contributed by atoms with Gasteiger partial charge in [-0.3, -0.25) is 9.59 Å². The lowest BCUT2D eigenvalue weighted by molar-refractivity contribution is -0.130. The van der Waals surface area contributed by atoms with E-state index >= 15 is 0 Å². The van der Waals surface area contributed by atoms with E-state index in [2.05, 4.69) is 20.3 Å². The number of H-pyrrole nitrogens is 1. The lowest BCUT2D eigenvalue weighted by Gasteiger charge is -2.40. The van der Waals surface area contributed by atoms with E-state index < -0.39 is 17.3 Å². The SMILES string of the molecule is C[C@H](NC(=O)C1(c2cc3cc(F)ccc3[nH]c2=O)CCC1)c1ncc(C#N)cn1. The Kier molecular flexibility index (Phi) is 4.59. The summed E-state index contributed by atoms with van der Waals surface area (Å²) in [6.07, 6.45) is 4.67. The van der Waals surface area contributed by atoms with E-state index in [1.54, 1.807) is 13.0 Å². The van der Waals surface area contributed by atoms with Crippen LogP contribution >= 0.6 is 0 Å². The minimum absolute atomic E-state index is 0.287. The molecule has 3 aromatic rings. The van der Waals surface area contributed by atoms with Gasteiger partial charge in [-0.1, -0.05) is 6.42 Å². The van der Waals surface area contributed by atoms with Crippen molar-refractivity contribution in [2.24, 2.45) is 0 Å². The molecule has 7 nitrogen and oxygen atoms in total. The number of hydrogen-bond acceptors (Lipinski definition) is 5. The van der Waals surface area contributed by atoms with Crippen molar-refractivity contribution in [3.05, 3.63) is 69.8 Å². The normalized spacial score (nSPS) is 15.9. The Morgan fingerprint density at radius 1 is 1.31 bits per heavy atom. The second kappa shape index (κ2) is 7.09. The van der Waals surface area contributed by atoms with Gasteiger partial charge in [0.25, 0.3) is 5.56 Å². The van der Waals surface area contributed by atoms with E-state index in [9.17, 15) is 14.0 Å². The molecule has 4 rings (SSSR count). The molecule has 2 aromatic heterocycles. The Bertz CT molecular complexity index is 1190. The fourth-order valence-corrected chi connectivity index (χ4v) is 3.70. The number of rotatable bonds is 4. The number of aromatic nitrogens is 3. The third kappa shape index (κ3) is 3.25. The van der Waals surface area contributed by atoms with Crippen LogP contribution in [0, 0.1) is 17.1 Å². The number of nitrogens with zero attached hydrogens (tertiary/aromatic N) is 3. The fraction of sp³-hybridized carbons (Fsp3) is 0.286. The van der Waals surface area contributed by atoms with E-state index in [1.807, 2.05) is 6.07 Å². The summed E-state index contributed by atoms with van der Waals surface area (Å²) in [6.45, 7) is 1.74. The van der Waals surface area contributed by atoms with Crippen molar-refractivity contribution in [2.45, 2.75) is 37.6 Å². The Labute approximate surface area is 165 Å². The Balaban J connectivity index is 1.65. The first kappa shape index (κ1) is 18.7. The third-order valence-electron chi connectivity index (χ3n) is 5.50.